The smallest absolute Gasteiger partial charge is 0.433 e. The van der Waals surface area contributed by atoms with Crippen molar-refractivity contribution in [3.63, 3.8) is 0 Å². The van der Waals surface area contributed by atoms with Crippen LogP contribution in [0.1, 0.15) is 11.3 Å². The van der Waals surface area contributed by atoms with E-state index in [9.17, 15) is 18.0 Å². The minimum Gasteiger partial charge on any atom is -0.438 e. The molecule has 0 saturated carbocycles. The minimum absolute atomic E-state index is 0.0263. The summed E-state index contributed by atoms with van der Waals surface area (Å²) in [5.74, 6) is 0.915. The molecule has 3 aromatic heterocycles. The summed E-state index contributed by atoms with van der Waals surface area (Å²) in [5.41, 5.74) is 0.614. The lowest BCUT2D eigenvalue weighted by atomic mass is 10.2. The van der Waals surface area contributed by atoms with Crippen LogP contribution in [0, 0.1) is 0 Å². The van der Waals surface area contributed by atoms with Crippen molar-refractivity contribution in [1.29, 1.82) is 0 Å². The first-order valence-electron chi connectivity index (χ1n) is 9.01. The summed E-state index contributed by atoms with van der Waals surface area (Å²) < 4.78 is 43.3. The van der Waals surface area contributed by atoms with Crippen molar-refractivity contribution >= 4 is 22.8 Å². The third kappa shape index (κ3) is 4.89. The van der Waals surface area contributed by atoms with Gasteiger partial charge < -0.3 is 20.4 Å². The number of rotatable bonds is 5. The molecular formula is C20H15F3N6O2. The molecule has 1 aromatic carbocycles. The van der Waals surface area contributed by atoms with Gasteiger partial charge in [-0.1, -0.05) is 6.07 Å². The van der Waals surface area contributed by atoms with Gasteiger partial charge in [0.05, 0.1) is 5.39 Å². The van der Waals surface area contributed by atoms with Crippen LogP contribution in [0.4, 0.5) is 23.7 Å². The van der Waals surface area contributed by atoms with Gasteiger partial charge in [-0.15, -0.1) is 0 Å². The third-order valence-electron chi connectivity index (χ3n) is 4.21. The number of anilines is 1. The maximum atomic E-state index is 12.5. The van der Waals surface area contributed by atoms with E-state index in [1.165, 1.54) is 12.4 Å². The number of fused-ring (bicyclic) bond motifs is 1. The van der Waals surface area contributed by atoms with Crippen molar-refractivity contribution in [3.05, 3.63) is 72.4 Å². The predicted octanol–water partition coefficient (Wildman–Crippen LogP) is 4.49. The lowest BCUT2D eigenvalue weighted by Gasteiger charge is -2.10. The summed E-state index contributed by atoms with van der Waals surface area (Å²) in [6.07, 6.45) is -0.302. The van der Waals surface area contributed by atoms with Crippen LogP contribution in [0.15, 0.2) is 61.2 Å². The lowest BCUT2D eigenvalue weighted by Crippen LogP contribution is -2.28. The van der Waals surface area contributed by atoms with Crippen LogP contribution < -0.4 is 15.4 Å². The zero-order chi connectivity index (χ0) is 21.8. The van der Waals surface area contributed by atoms with Gasteiger partial charge in [0.2, 0.25) is 5.88 Å². The van der Waals surface area contributed by atoms with Gasteiger partial charge in [-0.2, -0.15) is 13.2 Å². The molecule has 0 atom stereocenters. The number of carbonyl (C=O) groups is 1. The number of benzene rings is 1. The number of hydrogen-bond donors (Lipinski definition) is 3. The molecule has 2 amide bonds. The number of H-pyrrole nitrogens is 1. The Hall–Kier alpha value is -4.15. The molecule has 3 N–H and O–H groups in total. The number of hydrogen-bond acceptors (Lipinski definition) is 5. The van der Waals surface area contributed by atoms with E-state index in [4.69, 9.17) is 4.74 Å². The van der Waals surface area contributed by atoms with Crippen molar-refractivity contribution in [1.82, 2.24) is 25.3 Å². The summed E-state index contributed by atoms with van der Waals surface area (Å²) >= 11 is 0. The summed E-state index contributed by atoms with van der Waals surface area (Å²) in [4.78, 5) is 26.6. The average molecular weight is 428 g/mol. The van der Waals surface area contributed by atoms with Crippen molar-refractivity contribution in [2.24, 2.45) is 0 Å². The molecule has 11 heteroatoms. The van der Waals surface area contributed by atoms with E-state index in [0.29, 0.717) is 28.5 Å². The highest BCUT2D eigenvalue weighted by Crippen LogP contribution is 2.28. The van der Waals surface area contributed by atoms with Gasteiger partial charge in [0.15, 0.2) is 0 Å². The van der Waals surface area contributed by atoms with Crippen LogP contribution in [0.2, 0.25) is 0 Å². The topological polar surface area (TPSA) is 105 Å². The van der Waals surface area contributed by atoms with Gasteiger partial charge >= 0.3 is 12.2 Å². The largest absolute Gasteiger partial charge is 0.438 e. The van der Waals surface area contributed by atoms with Crippen LogP contribution in [0.25, 0.3) is 11.0 Å². The zero-order valence-corrected chi connectivity index (χ0v) is 15.8. The zero-order valence-electron chi connectivity index (χ0n) is 15.8. The van der Waals surface area contributed by atoms with Gasteiger partial charge in [0.25, 0.3) is 0 Å². The maximum Gasteiger partial charge on any atom is 0.433 e. The van der Waals surface area contributed by atoms with Crippen LogP contribution in [0.5, 0.6) is 11.6 Å². The normalized spacial score (nSPS) is 11.3. The van der Waals surface area contributed by atoms with E-state index >= 15 is 0 Å². The Morgan fingerprint density at radius 3 is 2.55 bits per heavy atom. The van der Waals surface area contributed by atoms with Crippen molar-refractivity contribution in [3.8, 4) is 11.6 Å². The molecule has 0 aliphatic carbocycles. The van der Waals surface area contributed by atoms with Gasteiger partial charge in [-0.3, -0.25) is 4.98 Å². The molecule has 0 fully saturated rings. The first-order valence-corrected chi connectivity index (χ1v) is 9.01. The Labute approximate surface area is 173 Å². The molecule has 0 aliphatic rings. The number of urea groups is 1. The second-order valence-corrected chi connectivity index (χ2v) is 6.40. The van der Waals surface area contributed by atoms with Gasteiger partial charge in [0.1, 0.15) is 23.4 Å². The summed E-state index contributed by atoms with van der Waals surface area (Å²) in [7, 11) is 0. The Morgan fingerprint density at radius 2 is 1.84 bits per heavy atom. The van der Waals surface area contributed by atoms with Crippen molar-refractivity contribution < 1.29 is 22.7 Å². The molecule has 0 spiro atoms. The van der Waals surface area contributed by atoms with Crippen molar-refractivity contribution in [2.45, 2.75) is 12.7 Å². The molecule has 158 valence electrons. The molecule has 0 radical (unpaired) electrons. The molecule has 3 heterocycles. The number of ether oxygens (including phenoxy) is 1. The number of alkyl halides is 3. The lowest BCUT2D eigenvalue weighted by molar-refractivity contribution is -0.141. The molecule has 4 aromatic rings. The molecule has 0 bridgehead atoms. The Balaban J connectivity index is 1.31. The molecule has 31 heavy (non-hydrogen) atoms. The van der Waals surface area contributed by atoms with Gasteiger partial charge in [-0.25, -0.2) is 14.8 Å². The van der Waals surface area contributed by atoms with E-state index in [1.54, 1.807) is 36.5 Å². The number of carbonyl (C=O) groups excluding carboxylic acids is 1. The minimum atomic E-state index is -4.50. The molecule has 4 rings (SSSR count). The van der Waals surface area contributed by atoms with E-state index < -0.39 is 17.9 Å². The predicted molar refractivity (Wildman–Crippen MR) is 106 cm³/mol. The molecule has 8 nitrogen and oxygen atoms in total. The fourth-order valence-corrected chi connectivity index (χ4v) is 2.70. The molecule has 0 aliphatic heterocycles. The molecular weight excluding hydrogens is 413 g/mol. The summed E-state index contributed by atoms with van der Waals surface area (Å²) in [6, 6.07) is 10.0. The number of halogens is 3. The standard InChI is InChI=1S/C20H15F3N6O2/c21-20(22,23)16-6-1-12(9-25-16)10-26-19(30)29-13-2-4-14(5-3-13)31-18-15-7-8-24-17(15)27-11-28-18/h1-9,11H,10H2,(H,24,27,28)(H2,26,29,30). The number of nitrogens with zero attached hydrogens (tertiary/aromatic N) is 3. The Bertz CT molecular complexity index is 1190. The first-order chi connectivity index (χ1) is 14.9. The molecule has 0 unspecified atom stereocenters. The number of amides is 2. The van der Waals surface area contributed by atoms with Gasteiger partial charge in [0, 0.05) is 24.6 Å². The highest BCUT2D eigenvalue weighted by molar-refractivity contribution is 5.89. The van der Waals surface area contributed by atoms with E-state index in [-0.39, 0.29) is 6.54 Å². The Kier molecular flexibility index (Phi) is 5.39. The van der Waals surface area contributed by atoms with Crippen LogP contribution in [-0.2, 0) is 12.7 Å². The number of pyridine rings is 1. The second-order valence-electron chi connectivity index (χ2n) is 6.40. The van der Waals surface area contributed by atoms with E-state index in [0.717, 1.165) is 17.6 Å². The highest BCUT2D eigenvalue weighted by atomic mass is 19.4. The summed E-state index contributed by atoms with van der Waals surface area (Å²) in [5, 5.41) is 5.92. The van der Waals surface area contributed by atoms with Crippen LogP contribution >= 0.6 is 0 Å². The number of nitrogens with one attached hydrogen (secondary N) is 3. The highest BCUT2D eigenvalue weighted by Gasteiger charge is 2.31. The summed E-state index contributed by atoms with van der Waals surface area (Å²) in [6.45, 7) is 0.0263. The van der Waals surface area contributed by atoms with Gasteiger partial charge in [-0.05, 0) is 42.0 Å². The molecule has 0 saturated heterocycles. The second kappa shape index (κ2) is 8.30. The Morgan fingerprint density at radius 1 is 1.03 bits per heavy atom. The fourth-order valence-electron chi connectivity index (χ4n) is 2.70. The number of aromatic nitrogens is 4. The average Bonchev–Trinajstić information content (AvgIpc) is 3.23. The van der Waals surface area contributed by atoms with Crippen molar-refractivity contribution in [2.75, 3.05) is 5.32 Å². The fraction of sp³-hybridized carbons (Fsp3) is 0.100. The van der Waals surface area contributed by atoms with E-state index in [1.807, 2.05) is 0 Å². The maximum absolute atomic E-state index is 12.5. The third-order valence-corrected chi connectivity index (χ3v) is 4.21. The van der Waals surface area contributed by atoms with Crippen LogP contribution in [0.3, 0.4) is 0 Å². The quantitative estimate of drug-likeness (QED) is 0.435. The van der Waals surface area contributed by atoms with E-state index in [2.05, 4.69) is 30.6 Å². The monoisotopic (exact) mass is 428 g/mol. The number of aromatic amines is 1. The SMILES string of the molecule is O=C(NCc1ccc(C(F)(F)F)nc1)Nc1ccc(Oc2ncnc3[nH]ccc23)cc1. The van der Waals surface area contributed by atoms with Crippen LogP contribution in [-0.4, -0.2) is 26.0 Å². The first kappa shape index (κ1) is 20.1.